The molecule has 94 valence electrons. The van der Waals surface area contributed by atoms with E-state index in [0.717, 1.165) is 31.2 Å². The minimum Gasteiger partial charge on any atom is -0.393 e. The number of aliphatic hydroxyl groups excluding tert-OH is 1. The second kappa shape index (κ2) is 5.61. The van der Waals surface area contributed by atoms with Gasteiger partial charge in [0, 0.05) is 5.92 Å². The highest BCUT2D eigenvalue weighted by atomic mass is 19.1. The highest BCUT2D eigenvalue weighted by Gasteiger charge is 2.30. The van der Waals surface area contributed by atoms with E-state index in [9.17, 15) is 9.50 Å². The molecule has 0 heterocycles. The predicted octanol–water partition coefficient (Wildman–Crippen LogP) is 2.42. The van der Waals surface area contributed by atoms with Crippen LogP contribution < -0.4 is 5.73 Å². The summed E-state index contributed by atoms with van der Waals surface area (Å²) in [5.74, 6) is 0.138. The average molecular weight is 237 g/mol. The Hall–Kier alpha value is -0.930. The van der Waals surface area contributed by atoms with Gasteiger partial charge in [-0.3, -0.25) is 0 Å². The third-order valence-corrected chi connectivity index (χ3v) is 3.85. The van der Waals surface area contributed by atoms with Gasteiger partial charge in [0.2, 0.25) is 0 Å². The van der Waals surface area contributed by atoms with Gasteiger partial charge in [-0.2, -0.15) is 0 Å². The van der Waals surface area contributed by atoms with Crippen molar-refractivity contribution in [3.05, 3.63) is 35.6 Å². The highest BCUT2D eigenvalue weighted by molar-refractivity contribution is 5.22. The molecular formula is C14H20FNO. The van der Waals surface area contributed by atoms with Crippen molar-refractivity contribution >= 4 is 0 Å². The number of rotatable bonds is 3. The van der Waals surface area contributed by atoms with Crippen LogP contribution in [0.4, 0.5) is 4.39 Å². The maximum absolute atomic E-state index is 12.9. The lowest BCUT2D eigenvalue weighted by Crippen LogP contribution is -2.33. The number of hydrogen-bond donors (Lipinski definition) is 2. The van der Waals surface area contributed by atoms with Gasteiger partial charge in [0.05, 0.1) is 6.10 Å². The summed E-state index contributed by atoms with van der Waals surface area (Å²) in [7, 11) is 0. The molecule has 17 heavy (non-hydrogen) atoms. The number of benzene rings is 1. The van der Waals surface area contributed by atoms with Crippen LogP contribution in [-0.4, -0.2) is 17.8 Å². The van der Waals surface area contributed by atoms with E-state index >= 15 is 0 Å². The summed E-state index contributed by atoms with van der Waals surface area (Å²) in [6, 6.07) is 6.50. The van der Waals surface area contributed by atoms with Gasteiger partial charge < -0.3 is 10.8 Å². The Morgan fingerprint density at radius 2 is 1.88 bits per heavy atom. The van der Waals surface area contributed by atoms with Crippen molar-refractivity contribution in [2.24, 2.45) is 11.7 Å². The molecule has 1 aliphatic rings. The first kappa shape index (κ1) is 12.5. The lowest BCUT2D eigenvalue weighted by Gasteiger charge is -2.34. The molecule has 3 atom stereocenters. The largest absolute Gasteiger partial charge is 0.393 e. The summed E-state index contributed by atoms with van der Waals surface area (Å²) in [6.45, 7) is 0.507. The minimum absolute atomic E-state index is 0.144. The Kier molecular flexibility index (Phi) is 4.13. The first-order valence-corrected chi connectivity index (χ1v) is 6.36. The third kappa shape index (κ3) is 2.85. The van der Waals surface area contributed by atoms with Crippen LogP contribution in [0.5, 0.6) is 0 Å². The maximum atomic E-state index is 12.9. The number of hydrogen-bond acceptors (Lipinski definition) is 2. The second-order valence-corrected chi connectivity index (χ2v) is 4.91. The molecular weight excluding hydrogens is 217 g/mol. The Bertz CT molecular complexity index is 352. The van der Waals surface area contributed by atoms with E-state index in [1.165, 1.54) is 12.1 Å². The van der Waals surface area contributed by atoms with Gasteiger partial charge >= 0.3 is 0 Å². The van der Waals surface area contributed by atoms with Crippen LogP contribution in [0.2, 0.25) is 0 Å². The molecule has 0 amide bonds. The molecule has 0 spiro atoms. The monoisotopic (exact) mass is 237 g/mol. The van der Waals surface area contributed by atoms with Crippen LogP contribution in [0, 0.1) is 11.7 Å². The fourth-order valence-corrected chi connectivity index (χ4v) is 2.88. The van der Waals surface area contributed by atoms with Crippen LogP contribution in [-0.2, 0) is 0 Å². The van der Waals surface area contributed by atoms with E-state index in [2.05, 4.69) is 0 Å². The van der Waals surface area contributed by atoms with E-state index in [0.29, 0.717) is 6.54 Å². The smallest absolute Gasteiger partial charge is 0.123 e. The summed E-state index contributed by atoms with van der Waals surface area (Å²) in [5.41, 5.74) is 6.87. The zero-order valence-electron chi connectivity index (χ0n) is 9.98. The summed E-state index contributed by atoms with van der Waals surface area (Å²) >= 11 is 0. The summed E-state index contributed by atoms with van der Waals surface area (Å²) in [5, 5.41) is 10.1. The maximum Gasteiger partial charge on any atom is 0.123 e. The van der Waals surface area contributed by atoms with Gasteiger partial charge in [0.1, 0.15) is 5.82 Å². The topological polar surface area (TPSA) is 46.2 Å². The molecule has 2 rings (SSSR count). The van der Waals surface area contributed by atoms with Crippen LogP contribution in [0.3, 0.4) is 0 Å². The predicted molar refractivity (Wildman–Crippen MR) is 66.2 cm³/mol. The standard InChI is InChI=1S/C14H20FNO/c15-11-7-5-10(6-8-11)13(9-16)12-3-1-2-4-14(12)17/h5-8,12-14,17H,1-4,9,16H2/t12-,13-,14-/m0/s1. The van der Waals surface area contributed by atoms with Crippen molar-refractivity contribution in [2.45, 2.75) is 37.7 Å². The van der Waals surface area contributed by atoms with E-state index in [1.54, 1.807) is 12.1 Å². The molecule has 1 aromatic rings. The Labute approximate surface area is 102 Å². The molecule has 1 aromatic carbocycles. The first-order chi connectivity index (χ1) is 8.22. The number of halogens is 1. The van der Waals surface area contributed by atoms with Gasteiger partial charge in [0.15, 0.2) is 0 Å². The van der Waals surface area contributed by atoms with Gasteiger partial charge in [-0.1, -0.05) is 25.0 Å². The second-order valence-electron chi connectivity index (χ2n) is 4.91. The molecule has 0 unspecified atom stereocenters. The normalized spacial score (nSPS) is 26.8. The third-order valence-electron chi connectivity index (χ3n) is 3.85. The lowest BCUT2D eigenvalue weighted by molar-refractivity contribution is 0.0561. The van der Waals surface area contributed by atoms with E-state index < -0.39 is 0 Å². The molecule has 0 radical (unpaired) electrons. The average Bonchev–Trinajstić information content (AvgIpc) is 2.35. The number of aliphatic hydroxyl groups is 1. The first-order valence-electron chi connectivity index (χ1n) is 6.36. The fraction of sp³-hybridized carbons (Fsp3) is 0.571. The summed E-state index contributed by atoms with van der Waals surface area (Å²) < 4.78 is 12.9. The quantitative estimate of drug-likeness (QED) is 0.848. The molecule has 0 bridgehead atoms. The molecule has 0 aromatic heterocycles. The SMILES string of the molecule is NC[C@@H](c1ccc(F)cc1)[C@@H]1CCCC[C@@H]1O. The molecule has 0 aliphatic heterocycles. The van der Waals surface area contributed by atoms with E-state index in [1.807, 2.05) is 0 Å². The van der Waals surface area contributed by atoms with Crippen LogP contribution >= 0.6 is 0 Å². The molecule has 3 heteroatoms. The minimum atomic E-state index is -0.262. The molecule has 1 aliphatic carbocycles. The molecule has 1 saturated carbocycles. The zero-order chi connectivity index (χ0) is 12.3. The van der Waals surface area contributed by atoms with Crippen LogP contribution in [0.15, 0.2) is 24.3 Å². The molecule has 3 N–H and O–H groups in total. The Balaban J connectivity index is 2.17. The van der Waals surface area contributed by atoms with Crippen molar-refractivity contribution in [3.8, 4) is 0 Å². The Morgan fingerprint density at radius 1 is 1.24 bits per heavy atom. The van der Waals surface area contributed by atoms with Gasteiger partial charge in [0.25, 0.3) is 0 Å². The van der Waals surface area contributed by atoms with Crippen molar-refractivity contribution in [1.29, 1.82) is 0 Å². The molecule has 1 fully saturated rings. The fourth-order valence-electron chi connectivity index (χ4n) is 2.88. The lowest BCUT2D eigenvalue weighted by atomic mass is 9.75. The van der Waals surface area contributed by atoms with Crippen LogP contribution in [0.25, 0.3) is 0 Å². The highest BCUT2D eigenvalue weighted by Crippen LogP contribution is 2.35. The van der Waals surface area contributed by atoms with Gasteiger partial charge in [-0.05, 0) is 43.0 Å². The van der Waals surface area contributed by atoms with Gasteiger partial charge in [-0.25, -0.2) is 4.39 Å². The van der Waals surface area contributed by atoms with Crippen molar-refractivity contribution in [1.82, 2.24) is 0 Å². The van der Waals surface area contributed by atoms with Crippen molar-refractivity contribution in [3.63, 3.8) is 0 Å². The van der Waals surface area contributed by atoms with Crippen LogP contribution in [0.1, 0.15) is 37.2 Å². The molecule has 0 saturated heterocycles. The number of nitrogens with two attached hydrogens (primary N) is 1. The van der Waals surface area contributed by atoms with E-state index in [-0.39, 0.29) is 23.8 Å². The summed E-state index contributed by atoms with van der Waals surface area (Å²) in [4.78, 5) is 0. The van der Waals surface area contributed by atoms with Crippen molar-refractivity contribution in [2.75, 3.05) is 6.54 Å². The zero-order valence-corrected chi connectivity index (χ0v) is 9.98. The van der Waals surface area contributed by atoms with E-state index in [4.69, 9.17) is 5.73 Å². The Morgan fingerprint density at radius 3 is 2.47 bits per heavy atom. The summed E-state index contributed by atoms with van der Waals surface area (Å²) in [6.07, 6.45) is 3.86. The van der Waals surface area contributed by atoms with Crippen molar-refractivity contribution < 1.29 is 9.50 Å². The van der Waals surface area contributed by atoms with Gasteiger partial charge in [-0.15, -0.1) is 0 Å². The molecule has 2 nitrogen and oxygen atoms in total.